The van der Waals surface area contributed by atoms with E-state index in [2.05, 4.69) is 18.4 Å². The maximum absolute atomic E-state index is 11.4. The van der Waals surface area contributed by atoms with Gasteiger partial charge < -0.3 is 4.74 Å². The molecule has 0 aliphatic heterocycles. The molecule has 4 heteroatoms. The summed E-state index contributed by atoms with van der Waals surface area (Å²) in [5.74, 6) is 5.55. The third-order valence-corrected chi connectivity index (χ3v) is 5.29. The number of hydrogen-bond donors (Lipinski definition) is 2. The van der Waals surface area contributed by atoms with Gasteiger partial charge in [0.2, 0.25) is 0 Å². The van der Waals surface area contributed by atoms with Crippen LogP contribution in [0.2, 0.25) is 0 Å². The molecule has 1 atom stereocenters. The molecule has 1 rings (SSSR count). The van der Waals surface area contributed by atoms with Crippen LogP contribution in [0.15, 0.2) is 24.3 Å². The van der Waals surface area contributed by atoms with Crippen LogP contribution in [0.25, 0.3) is 0 Å². The minimum Gasteiger partial charge on any atom is -0.481 e. The zero-order valence-corrected chi connectivity index (χ0v) is 18.2. The van der Waals surface area contributed by atoms with E-state index >= 15 is 0 Å². The van der Waals surface area contributed by atoms with Crippen LogP contribution >= 0.6 is 0 Å². The van der Waals surface area contributed by atoms with Gasteiger partial charge in [0, 0.05) is 0 Å². The monoisotopic (exact) mass is 390 g/mol. The maximum Gasteiger partial charge on any atom is 0.274 e. The minimum absolute atomic E-state index is 0.318. The molecule has 0 aromatic heterocycles. The molecule has 0 saturated carbocycles. The average molecular weight is 391 g/mol. The fourth-order valence-electron chi connectivity index (χ4n) is 3.50. The van der Waals surface area contributed by atoms with Gasteiger partial charge in [-0.3, -0.25) is 10.2 Å². The lowest BCUT2D eigenvalue weighted by Crippen LogP contribution is -2.40. The number of hydrogen-bond acceptors (Lipinski definition) is 3. The van der Waals surface area contributed by atoms with E-state index < -0.39 is 6.10 Å². The van der Waals surface area contributed by atoms with Crippen molar-refractivity contribution in [1.82, 2.24) is 5.43 Å². The van der Waals surface area contributed by atoms with E-state index in [0.29, 0.717) is 0 Å². The Kier molecular flexibility index (Phi) is 14.4. The minimum atomic E-state index is -0.586. The summed E-state index contributed by atoms with van der Waals surface area (Å²) in [6.45, 7) is 3.97. The first kappa shape index (κ1) is 24.5. The standard InChI is InChI=1S/C24H42N2O2/c1-3-4-5-6-7-8-9-10-11-12-13-14-15-17-22-18-16-19-23(20-22)28-21(2)24(27)26-25/h16,18-21H,3-15,17,25H2,1-2H3,(H,26,27). The first-order valence-corrected chi connectivity index (χ1v) is 11.4. The number of hydrazine groups is 1. The van der Waals surface area contributed by atoms with Crippen molar-refractivity contribution in [2.24, 2.45) is 5.84 Å². The van der Waals surface area contributed by atoms with Gasteiger partial charge in [0.15, 0.2) is 6.10 Å². The molecule has 28 heavy (non-hydrogen) atoms. The Bertz CT molecular complexity index is 519. The highest BCUT2D eigenvalue weighted by molar-refractivity contribution is 5.80. The van der Waals surface area contributed by atoms with Gasteiger partial charge in [-0.15, -0.1) is 0 Å². The van der Waals surface area contributed by atoms with Gasteiger partial charge in [-0.1, -0.05) is 96.1 Å². The van der Waals surface area contributed by atoms with Crippen molar-refractivity contribution < 1.29 is 9.53 Å². The van der Waals surface area contributed by atoms with E-state index in [1.807, 2.05) is 18.2 Å². The normalized spacial score (nSPS) is 12.0. The Morgan fingerprint density at radius 3 is 2.00 bits per heavy atom. The highest BCUT2D eigenvalue weighted by Gasteiger charge is 2.12. The molecule has 160 valence electrons. The van der Waals surface area contributed by atoms with Gasteiger partial charge in [-0.2, -0.15) is 0 Å². The predicted octanol–water partition coefficient (Wildman–Crippen LogP) is 6.08. The smallest absolute Gasteiger partial charge is 0.274 e. The summed E-state index contributed by atoms with van der Waals surface area (Å²) in [4.78, 5) is 11.4. The van der Waals surface area contributed by atoms with Crippen molar-refractivity contribution in [3.05, 3.63) is 29.8 Å². The Morgan fingerprint density at radius 1 is 0.929 bits per heavy atom. The van der Waals surface area contributed by atoms with Crippen molar-refractivity contribution in [3.63, 3.8) is 0 Å². The van der Waals surface area contributed by atoms with Crippen LogP contribution in [0.4, 0.5) is 0 Å². The lowest BCUT2D eigenvalue weighted by Gasteiger charge is -2.13. The molecule has 1 aromatic rings. The van der Waals surface area contributed by atoms with E-state index in [4.69, 9.17) is 10.6 Å². The number of nitrogens with one attached hydrogen (secondary N) is 1. The average Bonchev–Trinajstić information content (AvgIpc) is 2.71. The van der Waals surface area contributed by atoms with E-state index in [9.17, 15) is 4.79 Å². The van der Waals surface area contributed by atoms with Gasteiger partial charge in [-0.25, -0.2) is 5.84 Å². The molecule has 0 saturated heterocycles. The molecule has 0 aliphatic rings. The van der Waals surface area contributed by atoms with E-state index in [0.717, 1.165) is 12.2 Å². The number of unbranched alkanes of at least 4 members (excludes halogenated alkanes) is 12. The summed E-state index contributed by atoms with van der Waals surface area (Å²) in [6, 6.07) is 8.02. The summed E-state index contributed by atoms with van der Waals surface area (Å²) < 4.78 is 5.63. The van der Waals surface area contributed by atoms with Gasteiger partial charge >= 0.3 is 0 Å². The molecule has 0 aliphatic carbocycles. The van der Waals surface area contributed by atoms with Gasteiger partial charge in [0.25, 0.3) is 5.91 Å². The number of rotatable bonds is 17. The Labute approximate surface area is 172 Å². The summed E-state index contributed by atoms with van der Waals surface area (Å²) in [5, 5.41) is 0. The van der Waals surface area contributed by atoms with Crippen LogP contribution < -0.4 is 16.0 Å². The number of carbonyl (C=O) groups is 1. The first-order valence-electron chi connectivity index (χ1n) is 11.4. The van der Waals surface area contributed by atoms with Crippen molar-refractivity contribution in [1.29, 1.82) is 0 Å². The first-order chi connectivity index (χ1) is 13.7. The molecule has 0 bridgehead atoms. The van der Waals surface area contributed by atoms with Crippen molar-refractivity contribution in [3.8, 4) is 5.75 Å². The van der Waals surface area contributed by atoms with Crippen LogP contribution in [0, 0.1) is 0 Å². The number of carbonyl (C=O) groups excluding carboxylic acids is 1. The Morgan fingerprint density at radius 2 is 1.46 bits per heavy atom. The zero-order valence-electron chi connectivity index (χ0n) is 18.2. The molecule has 0 radical (unpaired) electrons. The predicted molar refractivity (Wildman–Crippen MR) is 118 cm³/mol. The van der Waals surface area contributed by atoms with Crippen LogP contribution in [0.1, 0.15) is 103 Å². The van der Waals surface area contributed by atoms with Crippen LogP contribution in [0.3, 0.4) is 0 Å². The molecule has 0 heterocycles. The summed E-state index contributed by atoms with van der Waals surface area (Å²) in [5.41, 5.74) is 3.38. The second-order valence-electron chi connectivity index (χ2n) is 7.91. The SMILES string of the molecule is CCCCCCCCCCCCCCCc1cccc(OC(C)C(=O)NN)c1. The van der Waals surface area contributed by atoms with Crippen LogP contribution in [-0.4, -0.2) is 12.0 Å². The van der Waals surface area contributed by atoms with E-state index in [-0.39, 0.29) is 5.91 Å². The lowest BCUT2D eigenvalue weighted by atomic mass is 10.0. The molecular formula is C24H42N2O2. The second kappa shape index (κ2) is 16.4. The molecule has 4 nitrogen and oxygen atoms in total. The summed E-state index contributed by atoms with van der Waals surface area (Å²) in [6.07, 6.45) is 18.3. The molecule has 1 unspecified atom stereocenters. The summed E-state index contributed by atoms with van der Waals surface area (Å²) in [7, 11) is 0. The van der Waals surface area contributed by atoms with Crippen molar-refractivity contribution in [2.75, 3.05) is 0 Å². The molecule has 1 amide bonds. The molecule has 1 aromatic carbocycles. The molecular weight excluding hydrogens is 348 g/mol. The topological polar surface area (TPSA) is 64.3 Å². The quantitative estimate of drug-likeness (QED) is 0.147. The third kappa shape index (κ3) is 12.0. The van der Waals surface area contributed by atoms with E-state index in [1.54, 1.807) is 6.92 Å². The fraction of sp³-hybridized carbons (Fsp3) is 0.708. The van der Waals surface area contributed by atoms with Crippen LogP contribution in [0.5, 0.6) is 5.75 Å². The van der Waals surface area contributed by atoms with E-state index in [1.165, 1.54) is 89.0 Å². The second-order valence-corrected chi connectivity index (χ2v) is 7.91. The fourth-order valence-corrected chi connectivity index (χ4v) is 3.50. The van der Waals surface area contributed by atoms with Gasteiger partial charge in [0.05, 0.1) is 0 Å². The lowest BCUT2D eigenvalue weighted by molar-refractivity contribution is -0.127. The Balaban J connectivity index is 2.03. The van der Waals surface area contributed by atoms with Crippen LogP contribution in [-0.2, 0) is 11.2 Å². The van der Waals surface area contributed by atoms with Crippen molar-refractivity contribution >= 4 is 5.91 Å². The van der Waals surface area contributed by atoms with Gasteiger partial charge in [-0.05, 0) is 37.5 Å². The maximum atomic E-state index is 11.4. The number of nitrogens with two attached hydrogens (primary N) is 1. The van der Waals surface area contributed by atoms with Gasteiger partial charge in [0.1, 0.15) is 5.75 Å². The highest BCUT2D eigenvalue weighted by atomic mass is 16.5. The highest BCUT2D eigenvalue weighted by Crippen LogP contribution is 2.18. The largest absolute Gasteiger partial charge is 0.481 e. The summed E-state index contributed by atoms with van der Waals surface area (Å²) >= 11 is 0. The number of ether oxygens (including phenoxy) is 1. The van der Waals surface area contributed by atoms with Crippen molar-refractivity contribution in [2.45, 2.75) is 110 Å². The number of aryl methyl sites for hydroxylation is 1. The number of benzene rings is 1. The molecule has 0 fully saturated rings. The number of amides is 1. The third-order valence-electron chi connectivity index (χ3n) is 5.29. The Hall–Kier alpha value is -1.55. The molecule has 3 N–H and O–H groups in total. The zero-order chi connectivity index (χ0) is 20.5. The molecule has 0 spiro atoms.